The van der Waals surface area contributed by atoms with Crippen LogP contribution >= 0.6 is 0 Å². The predicted molar refractivity (Wildman–Crippen MR) is 73.9 cm³/mol. The van der Waals surface area contributed by atoms with Crippen LogP contribution in [0.5, 0.6) is 0 Å². The van der Waals surface area contributed by atoms with Crippen LogP contribution in [0.2, 0.25) is 0 Å². The van der Waals surface area contributed by atoms with E-state index in [9.17, 15) is 0 Å². The Morgan fingerprint density at radius 1 is 0.611 bits per heavy atom. The molecule has 0 aromatic carbocycles. The van der Waals surface area contributed by atoms with Crippen molar-refractivity contribution >= 4 is 0 Å². The van der Waals surface area contributed by atoms with E-state index in [4.69, 9.17) is 14.2 Å². The predicted octanol–water partition coefficient (Wildman–Crippen LogP) is 3.56. The van der Waals surface area contributed by atoms with Crippen molar-refractivity contribution in [3.63, 3.8) is 0 Å². The van der Waals surface area contributed by atoms with Crippen molar-refractivity contribution in [2.75, 3.05) is 19.8 Å². The fraction of sp³-hybridized carbons (Fsp3) is 1.00. The summed E-state index contributed by atoms with van der Waals surface area (Å²) in [5.41, 5.74) is -0.623. The quantitative estimate of drug-likeness (QED) is 0.774. The molecular formula is C15H30O3. The molecule has 3 nitrogen and oxygen atoms in total. The van der Waals surface area contributed by atoms with E-state index in [0.29, 0.717) is 19.8 Å². The largest absolute Gasteiger partial charge is 0.370 e. The molecule has 18 heavy (non-hydrogen) atoms. The summed E-state index contributed by atoms with van der Waals surface area (Å²) in [6, 6.07) is 0. The topological polar surface area (TPSA) is 27.7 Å². The molecule has 0 aromatic rings. The van der Waals surface area contributed by atoms with Gasteiger partial charge in [-0.05, 0) is 40.0 Å². The zero-order chi connectivity index (χ0) is 13.9. The lowest BCUT2D eigenvalue weighted by atomic mass is 10.0. The Morgan fingerprint density at radius 2 is 0.833 bits per heavy atom. The third-order valence-electron chi connectivity index (χ3n) is 4.42. The van der Waals surface area contributed by atoms with Gasteiger partial charge in [0, 0.05) is 0 Å². The summed E-state index contributed by atoms with van der Waals surface area (Å²) in [5.74, 6) is 0. The lowest BCUT2D eigenvalue weighted by Gasteiger charge is -2.33. The highest BCUT2D eigenvalue weighted by molar-refractivity contribution is 4.85. The Morgan fingerprint density at radius 3 is 1.00 bits per heavy atom. The molecule has 0 radical (unpaired) electrons. The Bertz CT molecular complexity index is 208. The number of hydrogen-bond donors (Lipinski definition) is 0. The molecule has 0 amide bonds. The maximum atomic E-state index is 6.09. The van der Waals surface area contributed by atoms with Gasteiger partial charge in [0.15, 0.2) is 0 Å². The lowest BCUT2D eigenvalue weighted by molar-refractivity contribution is -0.129. The molecule has 3 atom stereocenters. The van der Waals surface area contributed by atoms with Crippen molar-refractivity contribution in [2.45, 2.75) is 77.6 Å². The minimum absolute atomic E-state index is 0.208. The molecule has 0 saturated carbocycles. The summed E-state index contributed by atoms with van der Waals surface area (Å²) < 4.78 is 18.3. The smallest absolute Gasteiger partial charge is 0.0886 e. The molecule has 1 fully saturated rings. The number of ether oxygens (including phenoxy) is 3. The van der Waals surface area contributed by atoms with E-state index in [-0.39, 0.29) is 16.8 Å². The average molecular weight is 258 g/mol. The second-order valence-corrected chi connectivity index (χ2v) is 6.28. The maximum absolute atomic E-state index is 6.09. The molecular weight excluding hydrogens is 228 g/mol. The van der Waals surface area contributed by atoms with Crippen LogP contribution in [0.25, 0.3) is 0 Å². The first kappa shape index (κ1) is 15.9. The second-order valence-electron chi connectivity index (χ2n) is 6.28. The molecule has 0 aromatic heterocycles. The third-order valence-corrected chi connectivity index (χ3v) is 4.42. The monoisotopic (exact) mass is 258 g/mol. The minimum atomic E-state index is -0.208. The molecule has 108 valence electrons. The van der Waals surface area contributed by atoms with Crippen molar-refractivity contribution in [1.82, 2.24) is 0 Å². The molecule has 0 spiro atoms. The summed E-state index contributed by atoms with van der Waals surface area (Å²) in [5, 5.41) is 0. The van der Waals surface area contributed by atoms with Crippen LogP contribution in [-0.2, 0) is 14.2 Å². The van der Waals surface area contributed by atoms with E-state index >= 15 is 0 Å². The zero-order valence-electron chi connectivity index (χ0n) is 13.0. The van der Waals surface area contributed by atoms with Crippen molar-refractivity contribution < 1.29 is 14.2 Å². The van der Waals surface area contributed by atoms with Gasteiger partial charge in [0.1, 0.15) is 0 Å². The lowest BCUT2D eigenvalue weighted by Crippen LogP contribution is -2.40. The second kappa shape index (κ2) is 5.89. The van der Waals surface area contributed by atoms with Crippen molar-refractivity contribution in [3.8, 4) is 0 Å². The Kier molecular flexibility index (Phi) is 5.22. The van der Waals surface area contributed by atoms with Gasteiger partial charge in [0.2, 0.25) is 0 Å². The normalized spacial score (nSPS) is 43.0. The molecule has 0 N–H and O–H groups in total. The molecule has 0 aliphatic carbocycles. The van der Waals surface area contributed by atoms with E-state index in [2.05, 4.69) is 41.5 Å². The fourth-order valence-corrected chi connectivity index (χ4v) is 1.72. The van der Waals surface area contributed by atoms with Gasteiger partial charge in [-0.3, -0.25) is 0 Å². The van der Waals surface area contributed by atoms with E-state index < -0.39 is 0 Å². The van der Waals surface area contributed by atoms with E-state index in [1.54, 1.807) is 0 Å². The van der Waals surface area contributed by atoms with Gasteiger partial charge in [0.05, 0.1) is 36.6 Å². The molecule has 3 heteroatoms. The highest BCUT2D eigenvalue weighted by Crippen LogP contribution is 2.29. The van der Waals surface area contributed by atoms with Crippen LogP contribution in [0.1, 0.15) is 60.8 Å². The minimum Gasteiger partial charge on any atom is -0.370 e. The van der Waals surface area contributed by atoms with E-state index in [1.807, 2.05) is 0 Å². The fourth-order valence-electron chi connectivity index (χ4n) is 1.72. The number of hydrogen-bond acceptors (Lipinski definition) is 3. The molecule has 1 saturated heterocycles. The number of rotatable bonds is 3. The van der Waals surface area contributed by atoms with Gasteiger partial charge in [0.25, 0.3) is 0 Å². The zero-order valence-corrected chi connectivity index (χ0v) is 13.0. The molecule has 3 unspecified atom stereocenters. The van der Waals surface area contributed by atoms with Crippen molar-refractivity contribution in [1.29, 1.82) is 0 Å². The highest BCUT2D eigenvalue weighted by atomic mass is 16.6. The van der Waals surface area contributed by atoms with Crippen LogP contribution in [0.15, 0.2) is 0 Å². The summed E-state index contributed by atoms with van der Waals surface area (Å²) in [7, 11) is 0. The first-order chi connectivity index (χ1) is 8.30. The van der Waals surface area contributed by atoms with Gasteiger partial charge in [-0.1, -0.05) is 20.8 Å². The summed E-state index contributed by atoms with van der Waals surface area (Å²) in [6.07, 6.45) is 2.85. The molecule has 1 heterocycles. The van der Waals surface area contributed by atoms with Crippen molar-refractivity contribution in [2.24, 2.45) is 0 Å². The van der Waals surface area contributed by atoms with Crippen LogP contribution in [-0.4, -0.2) is 36.6 Å². The summed E-state index contributed by atoms with van der Waals surface area (Å²) >= 11 is 0. The van der Waals surface area contributed by atoms with Gasteiger partial charge < -0.3 is 14.2 Å². The van der Waals surface area contributed by atoms with Crippen LogP contribution in [0.4, 0.5) is 0 Å². The first-order valence-electron chi connectivity index (χ1n) is 7.22. The van der Waals surface area contributed by atoms with Crippen molar-refractivity contribution in [3.05, 3.63) is 0 Å². The highest BCUT2D eigenvalue weighted by Gasteiger charge is 2.37. The summed E-state index contributed by atoms with van der Waals surface area (Å²) in [4.78, 5) is 0. The summed E-state index contributed by atoms with van der Waals surface area (Å²) in [6.45, 7) is 14.7. The van der Waals surface area contributed by atoms with Crippen LogP contribution in [0, 0.1) is 0 Å². The van der Waals surface area contributed by atoms with E-state index in [1.165, 1.54) is 0 Å². The van der Waals surface area contributed by atoms with Crippen LogP contribution in [0.3, 0.4) is 0 Å². The van der Waals surface area contributed by atoms with E-state index in [0.717, 1.165) is 19.3 Å². The molecule has 1 aliphatic rings. The Labute approximate surface area is 112 Å². The van der Waals surface area contributed by atoms with Gasteiger partial charge in [-0.25, -0.2) is 0 Å². The maximum Gasteiger partial charge on any atom is 0.0886 e. The van der Waals surface area contributed by atoms with Gasteiger partial charge in [-0.15, -0.1) is 0 Å². The Hall–Kier alpha value is -0.120. The Balaban J connectivity index is 2.88. The SMILES string of the molecule is CCC1(C)COC(C)(CC)COC(C)(CC)CO1. The van der Waals surface area contributed by atoms with Crippen LogP contribution < -0.4 is 0 Å². The standard InChI is InChI=1S/C15H30O3/c1-7-13(4)10-17-15(6,9-3)12-18-14(5,8-2)11-16-13/h7-12H2,1-6H3. The third kappa shape index (κ3) is 3.94. The first-order valence-corrected chi connectivity index (χ1v) is 7.22. The average Bonchev–Trinajstić information content (AvgIpc) is 2.44. The van der Waals surface area contributed by atoms with Gasteiger partial charge >= 0.3 is 0 Å². The van der Waals surface area contributed by atoms with Gasteiger partial charge in [-0.2, -0.15) is 0 Å². The molecule has 0 bridgehead atoms. The molecule has 1 aliphatic heterocycles. The molecule has 1 rings (SSSR count).